The van der Waals surface area contributed by atoms with Gasteiger partial charge in [-0.15, -0.1) is 11.3 Å². The molecule has 138 valence electrons. The molecule has 0 bridgehead atoms. The van der Waals surface area contributed by atoms with Crippen molar-refractivity contribution in [1.82, 2.24) is 14.5 Å². The topological polar surface area (TPSA) is 60.9 Å². The molecule has 0 spiro atoms. The van der Waals surface area contributed by atoms with E-state index < -0.39 is 0 Å². The van der Waals surface area contributed by atoms with Crippen molar-refractivity contribution in [1.29, 1.82) is 0 Å². The minimum atomic E-state index is -0.0413. The maximum absolute atomic E-state index is 12.9. The summed E-state index contributed by atoms with van der Waals surface area (Å²) in [5, 5.41) is 3.80. The second kappa shape index (κ2) is 7.88. The highest BCUT2D eigenvalue weighted by Gasteiger charge is 2.13. The third-order valence-electron chi connectivity index (χ3n) is 3.96. The van der Waals surface area contributed by atoms with Gasteiger partial charge in [0.2, 0.25) is 5.89 Å². The van der Waals surface area contributed by atoms with Crippen LogP contribution in [-0.2, 0) is 12.3 Å². The Morgan fingerprint density at radius 3 is 2.96 bits per heavy atom. The number of thiophene rings is 1. The summed E-state index contributed by atoms with van der Waals surface area (Å²) >= 11 is 9.13. The fourth-order valence-electron chi connectivity index (χ4n) is 2.73. The van der Waals surface area contributed by atoms with Crippen LogP contribution in [0.5, 0.6) is 0 Å². The van der Waals surface area contributed by atoms with Crippen molar-refractivity contribution < 1.29 is 4.42 Å². The lowest BCUT2D eigenvalue weighted by Gasteiger charge is -2.11. The minimum Gasteiger partial charge on any atom is -0.444 e. The first-order valence-corrected chi connectivity index (χ1v) is 10.7. The summed E-state index contributed by atoms with van der Waals surface area (Å²) in [6.07, 6.45) is 2.50. The Morgan fingerprint density at radius 1 is 1.30 bits per heavy atom. The lowest BCUT2D eigenvalue weighted by Crippen LogP contribution is -2.23. The molecule has 0 amide bonds. The molecule has 4 aromatic rings. The summed E-state index contributed by atoms with van der Waals surface area (Å²) in [5.74, 6) is 1.18. The van der Waals surface area contributed by atoms with Crippen LogP contribution >= 0.6 is 34.7 Å². The number of oxazole rings is 1. The van der Waals surface area contributed by atoms with E-state index in [1.807, 2.05) is 24.4 Å². The molecule has 0 saturated carbocycles. The lowest BCUT2D eigenvalue weighted by molar-refractivity contribution is 0.574. The molecule has 1 aromatic carbocycles. The number of benzene rings is 1. The summed E-state index contributed by atoms with van der Waals surface area (Å²) in [6.45, 7) is 2.66. The fraction of sp³-hybridized carbons (Fsp3) is 0.211. The van der Waals surface area contributed by atoms with Crippen molar-refractivity contribution >= 4 is 45.6 Å². The summed E-state index contributed by atoms with van der Waals surface area (Å²) in [6, 6.07) is 9.12. The molecule has 27 heavy (non-hydrogen) atoms. The normalized spacial score (nSPS) is 11.3. The van der Waals surface area contributed by atoms with Crippen molar-refractivity contribution in [3.05, 3.63) is 63.0 Å². The van der Waals surface area contributed by atoms with Crippen molar-refractivity contribution in [2.24, 2.45) is 0 Å². The van der Waals surface area contributed by atoms with E-state index in [0.717, 1.165) is 17.0 Å². The maximum atomic E-state index is 12.9. The highest BCUT2D eigenvalue weighted by atomic mass is 35.5. The van der Waals surface area contributed by atoms with Crippen LogP contribution in [0.4, 0.5) is 0 Å². The summed E-state index contributed by atoms with van der Waals surface area (Å²) in [7, 11) is 0. The molecular weight excluding hydrogens is 402 g/mol. The van der Waals surface area contributed by atoms with Gasteiger partial charge >= 0.3 is 0 Å². The van der Waals surface area contributed by atoms with Crippen LogP contribution in [0.3, 0.4) is 0 Å². The molecule has 3 heterocycles. The number of hydrogen-bond acceptors (Lipinski definition) is 6. The Morgan fingerprint density at radius 2 is 2.19 bits per heavy atom. The fourth-order valence-corrected chi connectivity index (χ4v) is 4.45. The van der Waals surface area contributed by atoms with Gasteiger partial charge in [0.05, 0.1) is 21.5 Å². The third kappa shape index (κ3) is 3.81. The molecule has 0 aliphatic rings. The standard InChI is InChI=1S/C19H16ClN3O2S2/c1-2-7-23-18(24)14-6-5-12(20)9-15(14)22-19(23)27-11-13-10-25-17(21-13)16-4-3-8-26-16/h3-6,8-10H,2,7,11H2,1H3. The number of rotatable bonds is 6. The zero-order chi connectivity index (χ0) is 18.8. The minimum absolute atomic E-state index is 0.0413. The van der Waals surface area contributed by atoms with Gasteiger partial charge in [-0.2, -0.15) is 0 Å². The smallest absolute Gasteiger partial charge is 0.262 e. The van der Waals surface area contributed by atoms with Gasteiger partial charge in [0.1, 0.15) is 6.26 Å². The first-order chi connectivity index (χ1) is 13.2. The van der Waals surface area contributed by atoms with E-state index in [1.165, 1.54) is 11.8 Å². The molecule has 0 unspecified atom stereocenters. The predicted molar refractivity (Wildman–Crippen MR) is 111 cm³/mol. The van der Waals surface area contributed by atoms with Gasteiger partial charge in [-0.1, -0.05) is 36.4 Å². The predicted octanol–water partition coefficient (Wildman–Crippen LogP) is 5.47. The number of halogens is 1. The zero-order valence-corrected chi connectivity index (χ0v) is 16.9. The second-order valence-corrected chi connectivity index (χ2v) is 8.25. The van der Waals surface area contributed by atoms with Crippen LogP contribution < -0.4 is 5.56 Å². The first kappa shape index (κ1) is 18.3. The van der Waals surface area contributed by atoms with Crippen molar-refractivity contribution in [3.8, 4) is 10.8 Å². The number of aromatic nitrogens is 3. The Hall–Kier alpha value is -2.09. The number of fused-ring (bicyclic) bond motifs is 1. The quantitative estimate of drug-likeness (QED) is 0.307. The van der Waals surface area contributed by atoms with Crippen LogP contribution in [0.15, 0.2) is 56.3 Å². The average molecular weight is 418 g/mol. The zero-order valence-electron chi connectivity index (χ0n) is 14.5. The van der Waals surface area contributed by atoms with Gasteiger partial charge in [-0.3, -0.25) is 9.36 Å². The average Bonchev–Trinajstić information content (AvgIpc) is 3.34. The highest BCUT2D eigenvalue weighted by Crippen LogP contribution is 2.27. The van der Waals surface area contributed by atoms with Crippen molar-refractivity contribution in [3.63, 3.8) is 0 Å². The molecule has 0 fully saturated rings. The monoisotopic (exact) mass is 417 g/mol. The van der Waals surface area contributed by atoms with E-state index in [2.05, 4.69) is 9.97 Å². The molecule has 4 rings (SSSR count). The van der Waals surface area contributed by atoms with Gasteiger partial charge in [0, 0.05) is 17.3 Å². The van der Waals surface area contributed by atoms with Crippen molar-refractivity contribution in [2.45, 2.75) is 30.8 Å². The molecule has 0 atom stereocenters. The summed E-state index contributed by atoms with van der Waals surface area (Å²) < 4.78 is 7.29. The largest absolute Gasteiger partial charge is 0.444 e. The molecular formula is C19H16ClN3O2S2. The Labute approximate surface area is 169 Å². The molecule has 0 aliphatic heterocycles. The first-order valence-electron chi connectivity index (χ1n) is 8.47. The Balaban J connectivity index is 1.64. The van der Waals surface area contributed by atoms with Crippen LogP contribution in [0, 0.1) is 0 Å². The molecule has 8 heteroatoms. The van der Waals surface area contributed by atoms with Crippen LogP contribution in [0.1, 0.15) is 19.0 Å². The summed E-state index contributed by atoms with van der Waals surface area (Å²) in [5.41, 5.74) is 1.38. The number of thioether (sulfide) groups is 1. The number of nitrogens with zero attached hydrogens (tertiary/aromatic N) is 3. The molecule has 0 radical (unpaired) electrons. The van der Waals surface area contributed by atoms with E-state index >= 15 is 0 Å². The lowest BCUT2D eigenvalue weighted by atomic mass is 10.2. The second-order valence-electron chi connectivity index (χ2n) is 5.92. The molecule has 0 N–H and O–H groups in total. The van der Waals surface area contributed by atoms with Gasteiger partial charge in [0.15, 0.2) is 5.16 Å². The summed E-state index contributed by atoms with van der Waals surface area (Å²) in [4.78, 5) is 23.0. The SMILES string of the molecule is CCCn1c(SCc2coc(-c3cccs3)n2)nc2cc(Cl)ccc2c1=O. The molecule has 5 nitrogen and oxygen atoms in total. The van der Waals surface area contributed by atoms with Gasteiger partial charge in [-0.05, 0) is 36.1 Å². The highest BCUT2D eigenvalue weighted by molar-refractivity contribution is 7.98. The van der Waals surface area contributed by atoms with E-state index in [1.54, 1.807) is 40.4 Å². The van der Waals surface area contributed by atoms with E-state index in [0.29, 0.717) is 39.3 Å². The molecule has 0 aliphatic carbocycles. The van der Waals surface area contributed by atoms with Gasteiger partial charge < -0.3 is 4.42 Å². The maximum Gasteiger partial charge on any atom is 0.262 e. The molecule has 3 aromatic heterocycles. The Kier molecular flexibility index (Phi) is 5.33. The van der Waals surface area contributed by atoms with E-state index in [4.69, 9.17) is 16.0 Å². The van der Waals surface area contributed by atoms with Gasteiger partial charge in [0.25, 0.3) is 5.56 Å². The van der Waals surface area contributed by atoms with Crippen LogP contribution in [0.2, 0.25) is 5.02 Å². The molecule has 0 saturated heterocycles. The third-order valence-corrected chi connectivity index (χ3v) is 6.07. The van der Waals surface area contributed by atoms with Crippen molar-refractivity contribution in [2.75, 3.05) is 0 Å². The number of hydrogen-bond donors (Lipinski definition) is 0. The van der Waals surface area contributed by atoms with E-state index in [-0.39, 0.29) is 5.56 Å². The van der Waals surface area contributed by atoms with Crippen LogP contribution in [-0.4, -0.2) is 14.5 Å². The van der Waals surface area contributed by atoms with Gasteiger partial charge in [-0.25, -0.2) is 9.97 Å². The Bertz CT molecular complexity index is 1140. The van der Waals surface area contributed by atoms with Crippen LogP contribution in [0.25, 0.3) is 21.7 Å². The van der Waals surface area contributed by atoms with E-state index in [9.17, 15) is 4.79 Å².